The second kappa shape index (κ2) is 3.93. The largest absolute Gasteiger partial charge is 0.312 e. The summed E-state index contributed by atoms with van der Waals surface area (Å²) in [6, 6.07) is 8.34. The van der Waals surface area contributed by atoms with Gasteiger partial charge in [-0.15, -0.1) is 0 Å². The zero-order chi connectivity index (χ0) is 11.0. The van der Waals surface area contributed by atoms with Crippen molar-refractivity contribution < 1.29 is 4.79 Å². The number of aryl methyl sites for hydroxylation is 1. The van der Waals surface area contributed by atoms with E-state index in [4.69, 9.17) is 0 Å². The Bertz CT molecular complexity index is 409. The summed E-state index contributed by atoms with van der Waals surface area (Å²) in [6.07, 6.45) is 5.64. The minimum absolute atomic E-state index is 0.311. The minimum Gasteiger partial charge on any atom is -0.312 e. The summed E-state index contributed by atoms with van der Waals surface area (Å²) in [5.41, 5.74) is 2.49. The van der Waals surface area contributed by atoms with Gasteiger partial charge >= 0.3 is 0 Å². The molecule has 1 aromatic rings. The third-order valence-electron chi connectivity index (χ3n) is 3.83. The standard InChI is InChI=1S/C14H17NO/c16-14(12-6-3-7-12)15-10-4-8-11-5-1-2-9-13(11)15/h1-2,5,9,12H,3-4,6-8,10H2. The summed E-state index contributed by atoms with van der Waals surface area (Å²) >= 11 is 0. The zero-order valence-electron chi connectivity index (χ0n) is 9.48. The van der Waals surface area contributed by atoms with Gasteiger partial charge in [0.2, 0.25) is 5.91 Å². The Labute approximate surface area is 96.3 Å². The van der Waals surface area contributed by atoms with Crippen LogP contribution in [-0.2, 0) is 11.2 Å². The maximum absolute atomic E-state index is 12.3. The quantitative estimate of drug-likeness (QED) is 0.705. The number of carbonyl (C=O) groups excluding carboxylic acids is 1. The predicted octanol–water partition coefficient (Wildman–Crippen LogP) is 2.77. The summed E-state index contributed by atoms with van der Waals surface area (Å²) in [5.74, 6) is 0.671. The van der Waals surface area contributed by atoms with Gasteiger partial charge in [0, 0.05) is 18.2 Å². The van der Waals surface area contributed by atoms with Crippen LogP contribution in [0.3, 0.4) is 0 Å². The summed E-state index contributed by atoms with van der Waals surface area (Å²) in [6.45, 7) is 0.909. The second-order valence-corrected chi connectivity index (χ2v) is 4.85. The average molecular weight is 215 g/mol. The molecule has 1 amide bonds. The molecule has 0 aromatic heterocycles. The molecule has 16 heavy (non-hydrogen) atoms. The van der Waals surface area contributed by atoms with Crippen molar-refractivity contribution in [3.63, 3.8) is 0 Å². The number of amides is 1. The van der Waals surface area contributed by atoms with Crippen LogP contribution in [0.1, 0.15) is 31.2 Å². The Kier molecular flexibility index (Phi) is 2.43. The van der Waals surface area contributed by atoms with Crippen molar-refractivity contribution in [2.45, 2.75) is 32.1 Å². The molecule has 0 radical (unpaired) electrons. The Balaban J connectivity index is 1.89. The van der Waals surface area contributed by atoms with E-state index in [0.717, 1.165) is 37.9 Å². The molecular weight excluding hydrogens is 198 g/mol. The van der Waals surface area contributed by atoms with E-state index in [2.05, 4.69) is 18.2 Å². The Hall–Kier alpha value is -1.31. The van der Waals surface area contributed by atoms with Gasteiger partial charge in [-0.3, -0.25) is 4.79 Å². The van der Waals surface area contributed by atoms with Crippen molar-refractivity contribution >= 4 is 11.6 Å². The zero-order valence-corrected chi connectivity index (χ0v) is 9.48. The SMILES string of the molecule is O=C(C1CCC1)N1CCCc2ccccc21. The number of hydrogen-bond acceptors (Lipinski definition) is 1. The molecule has 3 rings (SSSR count). The predicted molar refractivity (Wildman–Crippen MR) is 64.5 cm³/mol. The molecule has 0 atom stereocenters. The van der Waals surface area contributed by atoms with Crippen LogP contribution < -0.4 is 4.90 Å². The van der Waals surface area contributed by atoms with Crippen LogP contribution in [0.15, 0.2) is 24.3 Å². The lowest BCUT2D eigenvalue weighted by Crippen LogP contribution is -2.41. The van der Waals surface area contributed by atoms with E-state index in [-0.39, 0.29) is 0 Å². The van der Waals surface area contributed by atoms with E-state index in [1.165, 1.54) is 12.0 Å². The van der Waals surface area contributed by atoms with Gasteiger partial charge in [-0.05, 0) is 37.3 Å². The van der Waals surface area contributed by atoms with Gasteiger partial charge in [-0.1, -0.05) is 24.6 Å². The number of benzene rings is 1. The minimum atomic E-state index is 0.311. The first-order chi connectivity index (χ1) is 7.86. The molecule has 0 N–H and O–H groups in total. The van der Waals surface area contributed by atoms with Crippen molar-refractivity contribution in [1.29, 1.82) is 0 Å². The average Bonchev–Trinajstić information content (AvgIpc) is 2.26. The first kappa shape index (κ1) is 9.88. The van der Waals surface area contributed by atoms with E-state index in [0.29, 0.717) is 11.8 Å². The number of carbonyl (C=O) groups is 1. The molecule has 1 heterocycles. The van der Waals surface area contributed by atoms with Crippen LogP contribution in [0.25, 0.3) is 0 Å². The van der Waals surface area contributed by atoms with Crippen LogP contribution in [0, 0.1) is 5.92 Å². The number of nitrogens with zero attached hydrogens (tertiary/aromatic N) is 1. The first-order valence-corrected chi connectivity index (χ1v) is 6.25. The van der Waals surface area contributed by atoms with Crippen LogP contribution in [-0.4, -0.2) is 12.5 Å². The lowest BCUT2D eigenvalue weighted by molar-refractivity contribution is -0.124. The molecule has 1 saturated carbocycles. The number of para-hydroxylation sites is 1. The van der Waals surface area contributed by atoms with Crippen LogP contribution in [0.5, 0.6) is 0 Å². The third kappa shape index (κ3) is 1.53. The fourth-order valence-electron chi connectivity index (χ4n) is 2.64. The number of anilines is 1. The van der Waals surface area contributed by atoms with Gasteiger partial charge in [0.25, 0.3) is 0 Å². The summed E-state index contributed by atoms with van der Waals surface area (Å²) in [4.78, 5) is 14.3. The molecule has 84 valence electrons. The normalized spacial score (nSPS) is 20.1. The van der Waals surface area contributed by atoms with E-state index in [1.807, 2.05) is 11.0 Å². The fraction of sp³-hybridized carbons (Fsp3) is 0.500. The Morgan fingerprint density at radius 1 is 1.19 bits per heavy atom. The third-order valence-corrected chi connectivity index (χ3v) is 3.83. The van der Waals surface area contributed by atoms with Gasteiger partial charge in [0.1, 0.15) is 0 Å². The molecule has 2 heteroatoms. The Morgan fingerprint density at radius 2 is 2.00 bits per heavy atom. The molecule has 0 spiro atoms. The summed E-state index contributed by atoms with van der Waals surface area (Å²) in [5, 5.41) is 0. The number of hydrogen-bond donors (Lipinski definition) is 0. The highest BCUT2D eigenvalue weighted by Gasteiger charge is 2.31. The molecule has 1 aliphatic heterocycles. The lowest BCUT2D eigenvalue weighted by atomic mass is 9.83. The molecule has 0 bridgehead atoms. The van der Waals surface area contributed by atoms with Crippen LogP contribution in [0.4, 0.5) is 5.69 Å². The van der Waals surface area contributed by atoms with E-state index in [1.54, 1.807) is 0 Å². The molecule has 2 nitrogen and oxygen atoms in total. The van der Waals surface area contributed by atoms with Gasteiger partial charge in [-0.25, -0.2) is 0 Å². The van der Waals surface area contributed by atoms with E-state index < -0.39 is 0 Å². The maximum atomic E-state index is 12.3. The lowest BCUT2D eigenvalue weighted by Gasteiger charge is -2.35. The monoisotopic (exact) mass is 215 g/mol. The van der Waals surface area contributed by atoms with Gasteiger partial charge < -0.3 is 4.90 Å². The smallest absolute Gasteiger partial charge is 0.230 e. The molecule has 1 aromatic carbocycles. The molecule has 0 unspecified atom stereocenters. The number of rotatable bonds is 1. The highest BCUT2D eigenvalue weighted by molar-refractivity contribution is 5.96. The molecule has 2 aliphatic rings. The van der Waals surface area contributed by atoms with Gasteiger partial charge in [0.15, 0.2) is 0 Å². The van der Waals surface area contributed by atoms with Crippen LogP contribution >= 0.6 is 0 Å². The van der Waals surface area contributed by atoms with E-state index in [9.17, 15) is 4.79 Å². The van der Waals surface area contributed by atoms with Gasteiger partial charge in [0.05, 0.1) is 0 Å². The van der Waals surface area contributed by atoms with Crippen molar-refractivity contribution in [2.24, 2.45) is 5.92 Å². The molecule has 1 aliphatic carbocycles. The van der Waals surface area contributed by atoms with Crippen LogP contribution in [0.2, 0.25) is 0 Å². The highest BCUT2D eigenvalue weighted by atomic mass is 16.2. The Morgan fingerprint density at radius 3 is 2.75 bits per heavy atom. The van der Waals surface area contributed by atoms with Crippen molar-refractivity contribution in [3.8, 4) is 0 Å². The maximum Gasteiger partial charge on any atom is 0.230 e. The van der Waals surface area contributed by atoms with E-state index >= 15 is 0 Å². The molecule has 0 saturated heterocycles. The summed E-state index contributed by atoms with van der Waals surface area (Å²) in [7, 11) is 0. The fourth-order valence-corrected chi connectivity index (χ4v) is 2.64. The first-order valence-electron chi connectivity index (χ1n) is 6.25. The van der Waals surface area contributed by atoms with Gasteiger partial charge in [-0.2, -0.15) is 0 Å². The molecule has 1 fully saturated rings. The van der Waals surface area contributed by atoms with Crippen molar-refractivity contribution in [2.75, 3.05) is 11.4 Å². The highest BCUT2D eigenvalue weighted by Crippen LogP contribution is 2.33. The summed E-state index contributed by atoms with van der Waals surface area (Å²) < 4.78 is 0. The topological polar surface area (TPSA) is 20.3 Å². The second-order valence-electron chi connectivity index (χ2n) is 4.85. The van der Waals surface area contributed by atoms with Crippen molar-refractivity contribution in [1.82, 2.24) is 0 Å². The van der Waals surface area contributed by atoms with Crippen molar-refractivity contribution in [3.05, 3.63) is 29.8 Å². The number of fused-ring (bicyclic) bond motifs is 1. The molecular formula is C14H17NO.